The molecular weight excluding hydrogens is 294 g/mol. The zero-order valence-electron chi connectivity index (χ0n) is 11.9. The fourth-order valence-corrected chi connectivity index (χ4v) is 2.45. The zero-order chi connectivity index (χ0) is 14.5. The van der Waals surface area contributed by atoms with Gasteiger partial charge in [-0.1, -0.05) is 12.1 Å². The Labute approximate surface area is 129 Å². The van der Waals surface area contributed by atoms with Crippen molar-refractivity contribution in [2.24, 2.45) is 0 Å². The quantitative estimate of drug-likeness (QED) is 0.645. The monoisotopic (exact) mass is 313 g/mol. The van der Waals surface area contributed by atoms with Crippen LogP contribution < -0.4 is 10.6 Å². The average Bonchev–Trinajstić information content (AvgIpc) is 2.91. The summed E-state index contributed by atoms with van der Waals surface area (Å²) < 4.78 is 0. The first kappa shape index (κ1) is 17.4. The molecule has 1 saturated heterocycles. The molecule has 1 amide bonds. The molecule has 1 aromatic carbocycles. The second kappa shape index (κ2) is 7.95. The van der Waals surface area contributed by atoms with Crippen LogP contribution in [0.1, 0.15) is 37.8 Å². The van der Waals surface area contributed by atoms with Crippen LogP contribution >= 0.6 is 12.4 Å². The SMILES string of the molecule is CC(NC(=O)CC1CCCN1)c1cccc([N+](=O)[O-])c1.Cl. The molecule has 1 aliphatic rings. The summed E-state index contributed by atoms with van der Waals surface area (Å²) in [6, 6.07) is 6.38. The summed E-state index contributed by atoms with van der Waals surface area (Å²) in [6.07, 6.45) is 2.59. The standard InChI is InChI=1S/C14H19N3O3.ClH/c1-10(11-4-2-6-13(8-11)17(19)20)16-14(18)9-12-5-3-7-15-12;/h2,4,6,8,10,12,15H,3,5,7,9H2,1H3,(H,16,18);1H. The van der Waals surface area contributed by atoms with Crippen LogP contribution in [0.2, 0.25) is 0 Å². The van der Waals surface area contributed by atoms with E-state index >= 15 is 0 Å². The number of nitro benzene ring substituents is 1. The van der Waals surface area contributed by atoms with Gasteiger partial charge in [0.2, 0.25) is 5.91 Å². The van der Waals surface area contributed by atoms with Gasteiger partial charge >= 0.3 is 0 Å². The highest BCUT2D eigenvalue weighted by atomic mass is 35.5. The number of carbonyl (C=O) groups is 1. The number of rotatable bonds is 5. The second-order valence-corrected chi connectivity index (χ2v) is 5.14. The van der Waals surface area contributed by atoms with Crippen LogP contribution in [-0.4, -0.2) is 23.4 Å². The number of hydrogen-bond acceptors (Lipinski definition) is 4. The minimum absolute atomic E-state index is 0. The third-order valence-corrected chi connectivity index (χ3v) is 3.55. The summed E-state index contributed by atoms with van der Waals surface area (Å²) in [5.74, 6) is -0.0246. The molecule has 1 aromatic rings. The smallest absolute Gasteiger partial charge is 0.269 e. The predicted octanol–water partition coefficient (Wildman–Crippen LogP) is 2.34. The molecule has 116 valence electrons. The highest BCUT2D eigenvalue weighted by Gasteiger charge is 2.19. The fraction of sp³-hybridized carbons (Fsp3) is 0.500. The summed E-state index contributed by atoms with van der Waals surface area (Å²) in [6.45, 7) is 2.80. The molecule has 7 heteroatoms. The van der Waals surface area contributed by atoms with Gasteiger partial charge in [-0.05, 0) is 31.9 Å². The molecule has 2 rings (SSSR count). The van der Waals surface area contributed by atoms with Gasteiger partial charge in [0.25, 0.3) is 5.69 Å². The molecule has 2 N–H and O–H groups in total. The molecular formula is C14H20ClN3O3. The van der Waals surface area contributed by atoms with Gasteiger partial charge in [-0.25, -0.2) is 0 Å². The lowest BCUT2D eigenvalue weighted by Crippen LogP contribution is -2.33. The maximum atomic E-state index is 11.9. The summed E-state index contributed by atoms with van der Waals surface area (Å²) in [5.41, 5.74) is 0.785. The number of halogens is 1. The van der Waals surface area contributed by atoms with Crippen molar-refractivity contribution < 1.29 is 9.72 Å². The first-order chi connectivity index (χ1) is 9.56. The fourth-order valence-electron chi connectivity index (χ4n) is 2.45. The van der Waals surface area contributed by atoms with E-state index in [0.29, 0.717) is 6.42 Å². The predicted molar refractivity (Wildman–Crippen MR) is 82.5 cm³/mol. The van der Waals surface area contributed by atoms with Crippen molar-refractivity contribution in [3.63, 3.8) is 0 Å². The number of non-ortho nitro benzene ring substituents is 1. The van der Waals surface area contributed by atoms with E-state index in [0.717, 1.165) is 24.9 Å². The van der Waals surface area contributed by atoms with E-state index in [2.05, 4.69) is 10.6 Å². The van der Waals surface area contributed by atoms with Crippen molar-refractivity contribution in [2.45, 2.75) is 38.3 Å². The van der Waals surface area contributed by atoms with E-state index in [9.17, 15) is 14.9 Å². The molecule has 2 unspecified atom stereocenters. The molecule has 2 atom stereocenters. The lowest BCUT2D eigenvalue weighted by Gasteiger charge is -2.16. The van der Waals surface area contributed by atoms with Crippen LogP contribution in [0.3, 0.4) is 0 Å². The molecule has 6 nitrogen and oxygen atoms in total. The number of nitrogens with one attached hydrogen (secondary N) is 2. The summed E-state index contributed by atoms with van der Waals surface area (Å²) in [4.78, 5) is 22.2. The molecule has 1 fully saturated rings. The topological polar surface area (TPSA) is 84.3 Å². The van der Waals surface area contributed by atoms with Crippen molar-refractivity contribution in [3.05, 3.63) is 39.9 Å². The molecule has 0 aliphatic carbocycles. The van der Waals surface area contributed by atoms with Crippen LogP contribution in [0.4, 0.5) is 5.69 Å². The van der Waals surface area contributed by atoms with Crippen LogP contribution in [0.15, 0.2) is 24.3 Å². The van der Waals surface area contributed by atoms with E-state index in [-0.39, 0.29) is 36.1 Å². The van der Waals surface area contributed by atoms with Crippen molar-refractivity contribution in [1.82, 2.24) is 10.6 Å². The average molecular weight is 314 g/mol. The van der Waals surface area contributed by atoms with Crippen LogP contribution in [0.5, 0.6) is 0 Å². The third kappa shape index (κ3) is 4.99. The molecule has 0 spiro atoms. The van der Waals surface area contributed by atoms with Gasteiger partial charge in [0.1, 0.15) is 0 Å². The Morgan fingerprint density at radius 2 is 2.33 bits per heavy atom. The highest BCUT2D eigenvalue weighted by Crippen LogP contribution is 2.19. The molecule has 0 bridgehead atoms. The summed E-state index contributed by atoms with van der Waals surface area (Å²) in [7, 11) is 0. The Kier molecular flexibility index (Phi) is 6.58. The van der Waals surface area contributed by atoms with Gasteiger partial charge in [-0.2, -0.15) is 0 Å². The minimum Gasteiger partial charge on any atom is -0.350 e. The number of amides is 1. The number of hydrogen-bond donors (Lipinski definition) is 2. The van der Waals surface area contributed by atoms with Crippen LogP contribution in [-0.2, 0) is 4.79 Å². The van der Waals surface area contributed by atoms with E-state index in [1.54, 1.807) is 12.1 Å². The Balaban J connectivity index is 0.00000220. The first-order valence-electron chi connectivity index (χ1n) is 6.83. The van der Waals surface area contributed by atoms with E-state index < -0.39 is 4.92 Å². The molecule has 1 heterocycles. The lowest BCUT2D eigenvalue weighted by atomic mass is 10.1. The lowest BCUT2D eigenvalue weighted by molar-refractivity contribution is -0.384. The van der Waals surface area contributed by atoms with Gasteiger partial charge < -0.3 is 10.6 Å². The van der Waals surface area contributed by atoms with Crippen molar-refractivity contribution in [1.29, 1.82) is 0 Å². The largest absolute Gasteiger partial charge is 0.350 e. The summed E-state index contributed by atoms with van der Waals surface area (Å²) in [5, 5.41) is 16.9. The van der Waals surface area contributed by atoms with Crippen LogP contribution in [0, 0.1) is 10.1 Å². The number of nitro groups is 1. The number of nitrogens with zero attached hydrogens (tertiary/aromatic N) is 1. The van der Waals surface area contributed by atoms with Crippen LogP contribution in [0.25, 0.3) is 0 Å². The molecule has 1 aliphatic heterocycles. The maximum absolute atomic E-state index is 11.9. The van der Waals surface area contributed by atoms with Crippen molar-refractivity contribution >= 4 is 24.0 Å². The van der Waals surface area contributed by atoms with E-state index in [1.807, 2.05) is 6.92 Å². The maximum Gasteiger partial charge on any atom is 0.269 e. The van der Waals surface area contributed by atoms with Crippen molar-refractivity contribution in [2.75, 3.05) is 6.54 Å². The number of carbonyl (C=O) groups excluding carboxylic acids is 1. The Bertz CT molecular complexity index is 504. The van der Waals surface area contributed by atoms with Crippen molar-refractivity contribution in [3.8, 4) is 0 Å². The van der Waals surface area contributed by atoms with Gasteiger partial charge in [0.05, 0.1) is 11.0 Å². The first-order valence-corrected chi connectivity index (χ1v) is 6.83. The molecule has 0 aromatic heterocycles. The van der Waals surface area contributed by atoms with Gasteiger partial charge in [0.15, 0.2) is 0 Å². The number of benzene rings is 1. The van der Waals surface area contributed by atoms with E-state index in [1.165, 1.54) is 12.1 Å². The minimum atomic E-state index is -0.430. The van der Waals surface area contributed by atoms with Gasteiger partial charge in [0, 0.05) is 24.6 Å². The highest BCUT2D eigenvalue weighted by molar-refractivity contribution is 5.85. The Morgan fingerprint density at radius 1 is 1.57 bits per heavy atom. The molecule has 0 radical (unpaired) electrons. The Hall–Kier alpha value is -1.66. The van der Waals surface area contributed by atoms with Gasteiger partial charge in [-0.3, -0.25) is 14.9 Å². The third-order valence-electron chi connectivity index (χ3n) is 3.55. The normalized spacial score (nSPS) is 18.6. The molecule has 21 heavy (non-hydrogen) atoms. The summed E-state index contributed by atoms with van der Waals surface area (Å²) >= 11 is 0. The molecule has 0 saturated carbocycles. The zero-order valence-corrected chi connectivity index (χ0v) is 12.7. The van der Waals surface area contributed by atoms with E-state index in [4.69, 9.17) is 0 Å². The van der Waals surface area contributed by atoms with Gasteiger partial charge in [-0.15, -0.1) is 12.4 Å². The second-order valence-electron chi connectivity index (χ2n) is 5.14. The Morgan fingerprint density at radius 3 is 2.95 bits per heavy atom.